The third kappa shape index (κ3) is 9.05. The van der Waals surface area contributed by atoms with Gasteiger partial charge < -0.3 is 9.80 Å². The van der Waals surface area contributed by atoms with E-state index in [1.54, 1.807) is 0 Å². The topological polar surface area (TPSA) is 115 Å². The molecule has 0 radical (unpaired) electrons. The van der Waals surface area contributed by atoms with Crippen LogP contribution in [0, 0.1) is 0 Å². The number of unbranched alkanes of at least 4 members (excludes halogenated alkanes) is 5. The molecule has 30 heteroatoms. The summed E-state index contributed by atoms with van der Waals surface area (Å²) < 4.78 is 285. The normalized spacial score (nSPS) is 18.8. The van der Waals surface area contributed by atoms with Gasteiger partial charge in [-0.2, -0.15) is 87.6 Å². The zero-order valence-corrected chi connectivity index (χ0v) is 29.8. The molecule has 2 rings (SSSR count). The van der Waals surface area contributed by atoms with Crippen molar-refractivity contribution in [2.24, 2.45) is 0 Å². The highest BCUT2D eigenvalue weighted by Crippen LogP contribution is 2.56. The minimum absolute atomic E-state index is 0.194. The van der Waals surface area contributed by atoms with E-state index >= 15 is 0 Å². The zero-order chi connectivity index (χ0) is 43.8. The van der Waals surface area contributed by atoms with Crippen LogP contribution >= 0.6 is 0 Å². The van der Waals surface area contributed by atoms with E-state index in [2.05, 4.69) is 0 Å². The molecular weight excluding hydrogens is 870 g/mol. The molecule has 330 valence electrons. The number of sulfonamides is 2. The van der Waals surface area contributed by atoms with Crippen LogP contribution in [0.15, 0.2) is 0 Å². The van der Waals surface area contributed by atoms with Gasteiger partial charge in [0.1, 0.15) is 0 Å². The molecule has 0 atom stereocenters. The lowest BCUT2D eigenvalue weighted by Crippen LogP contribution is -2.66. The van der Waals surface area contributed by atoms with Crippen LogP contribution in [-0.2, 0) is 29.6 Å². The average molecular weight is 903 g/mol. The van der Waals surface area contributed by atoms with Crippen LogP contribution in [-0.4, -0.2) is 146 Å². The summed E-state index contributed by atoms with van der Waals surface area (Å²) in [5.41, 5.74) is 0. The molecule has 10 nitrogen and oxygen atoms in total. The lowest BCUT2D eigenvalue weighted by atomic mass is 10.1. The fourth-order valence-electron chi connectivity index (χ4n) is 5.30. The molecule has 2 aliphatic heterocycles. The number of alkyl halides is 18. The first-order valence-corrected chi connectivity index (χ1v) is 18.8. The van der Waals surface area contributed by atoms with Gasteiger partial charge in [-0.1, -0.05) is 25.7 Å². The van der Waals surface area contributed by atoms with Gasteiger partial charge in [0, 0.05) is 65.2 Å². The fraction of sp³-hybridized carbons (Fsp3) is 0.923. The van der Waals surface area contributed by atoms with Crippen molar-refractivity contribution in [3.05, 3.63) is 0 Å². The third-order valence-corrected chi connectivity index (χ3v) is 12.7. The van der Waals surface area contributed by atoms with Crippen molar-refractivity contribution < 1.29 is 105 Å². The molecule has 56 heavy (non-hydrogen) atoms. The first kappa shape index (κ1) is 49.6. The second-order valence-corrected chi connectivity index (χ2v) is 16.5. The Morgan fingerprint density at radius 2 is 0.607 bits per heavy atom. The maximum Gasteiger partial charge on any atom is 0.460 e. The summed E-state index contributed by atoms with van der Waals surface area (Å²) in [6.07, 6.45) is -12.8. The maximum absolute atomic E-state index is 14.1. The van der Waals surface area contributed by atoms with E-state index < -0.39 is 139 Å². The van der Waals surface area contributed by atoms with Crippen LogP contribution in [0.2, 0.25) is 0 Å². The van der Waals surface area contributed by atoms with Crippen LogP contribution in [0.4, 0.5) is 79.0 Å². The molecule has 2 amide bonds. The molecule has 0 spiro atoms. The van der Waals surface area contributed by atoms with Crippen molar-refractivity contribution >= 4 is 31.9 Å². The number of halogens is 18. The van der Waals surface area contributed by atoms with Gasteiger partial charge in [-0.3, -0.25) is 9.59 Å². The van der Waals surface area contributed by atoms with Crippen molar-refractivity contribution in [2.45, 2.75) is 97.9 Å². The SMILES string of the molecule is O=C(CCCCCCCCC(=O)N1CCN(S(=O)(=O)C(F)(F)C(F)(F)C(F)(F)C(F)(F)F)CC1)N1CCN(S(=O)(=O)C(F)(F)C(F)(F)C(F)(F)C(F)(F)F)CC1. The van der Waals surface area contributed by atoms with Crippen LogP contribution in [0.25, 0.3) is 0 Å². The molecule has 0 aliphatic carbocycles. The van der Waals surface area contributed by atoms with Crippen molar-refractivity contribution in [1.29, 1.82) is 0 Å². The molecule has 2 saturated heterocycles. The zero-order valence-electron chi connectivity index (χ0n) is 28.2. The highest BCUT2D eigenvalue weighted by atomic mass is 32.2. The Morgan fingerprint density at radius 1 is 0.375 bits per heavy atom. The molecule has 2 aliphatic rings. The van der Waals surface area contributed by atoms with E-state index in [1.807, 2.05) is 0 Å². The van der Waals surface area contributed by atoms with Gasteiger partial charge in [0.2, 0.25) is 11.8 Å². The minimum Gasteiger partial charge on any atom is -0.340 e. The molecule has 2 fully saturated rings. The Labute approximate surface area is 306 Å². The number of nitrogens with zero attached hydrogens (tertiary/aromatic N) is 4. The van der Waals surface area contributed by atoms with E-state index in [1.165, 1.54) is 0 Å². The van der Waals surface area contributed by atoms with Crippen LogP contribution in [0.1, 0.15) is 51.4 Å². The molecule has 0 N–H and O–H groups in total. The Balaban J connectivity index is 1.74. The summed E-state index contributed by atoms with van der Waals surface area (Å²) in [6.45, 7) is -7.32. The maximum atomic E-state index is 14.1. The van der Waals surface area contributed by atoms with E-state index in [9.17, 15) is 105 Å². The van der Waals surface area contributed by atoms with Crippen LogP contribution in [0.3, 0.4) is 0 Å². The van der Waals surface area contributed by atoms with Gasteiger partial charge in [-0.15, -0.1) is 0 Å². The Bertz CT molecular complexity index is 1490. The highest BCUT2D eigenvalue weighted by molar-refractivity contribution is 7.90. The number of hydrogen-bond acceptors (Lipinski definition) is 6. The van der Waals surface area contributed by atoms with Gasteiger partial charge in [-0.05, 0) is 12.8 Å². The average Bonchev–Trinajstić information content (AvgIpc) is 3.07. The van der Waals surface area contributed by atoms with Crippen molar-refractivity contribution in [2.75, 3.05) is 52.4 Å². The van der Waals surface area contributed by atoms with E-state index in [4.69, 9.17) is 0 Å². The summed E-state index contributed by atoms with van der Waals surface area (Å²) in [4.78, 5) is 26.6. The fourth-order valence-corrected chi connectivity index (χ4v) is 8.14. The Morgan fingerprint density at radius 3 is 0.839 bits per heavy atom. The predicted molar refractivity (Wildman–Crippen MR) is 153 cm³/mol. The van der Waals surface area contributed by atoms with Gasteiger partial charge in [0.15, 0.2) is 0 Å². The quantitative estimate of drug-likeness (QED) is 0.133. The minimum atomic E-state index is -7.43. The van der Waals surface area contributed by atoms with Crippen molar-refractivity contribution in [3.8, 4) is 0 Å². The molecule has 0 unspecified atom stereocenters. The Kier molecular flexibility index (Phi) is 14.7. The number of amides is 2. The first-order chi connectivity index (χ1) is 25.0. The van der Waals surface area contributed by atoms with Crippen LogP contribution in [0.5, 0.6) is 0 Å². The van der Waals surface area contributed by atoms with E-state index in [-0.39, 0.29) is 25.7 Å². The van der Waals surface area contributed by atoms with Gasteiger partial charge in [0.25, 0.3) is 20.0 Å². The summed E-state index contributed by atoms with van der Waals surface area (Å²) in [6, 6.07) is 0. The molecule has 0 saturated carbocycles. The van der Waals surface area contributed by atoms with Crippen LogP contribution < -0.4 is 0 Å². The lowest BCUT2D eigenvalue weighted by molar-refractivity contribution is -0.382. The monoisotopic (exact) mass is 902 g/mol. The lowest BCUT2D eigenvalue weighted by Gasteiger charge is -2.38. The second-order valence-electron chi connectivity index (χ2n) is 12.5. The summed E-state index contributed by atoms with van der Waals surface area (Å²) >= 11 is 0. The summed E-state index contributed by atoms with van der Waals surface area (Å²) in [5, 5.41) is -13.8. The van der Waals surface area contributed by atoms with Crippen molar-refractivity contribution in [3.63, 3.8) is 0 Å². The van der Waals surface area contributed by atoms with Gasteiger partial charge in [0.05, 0.1) is 0 Å². The number of piperazine rings is 2. The number of carbonyl (C=O) groups is 2. The molecule has 0 aromatic rings. The largest absolute Gasteiger partial charge is 0.460 e. The number of hydrogen-bond donors (Lipinski definition) is 0. The first-order valence-electron chi connectivity index (χ1n) is 15.9. The summed E-state index contributed by atoms with van der Waals surface area (Å²) in [7, 11) is -13.6. The molecule has 0 aromatic heterocycles. The standard InChI is InChI=1S/C26H32F18N4O6S2/c27-19(28,23(35,36)37)21(31,32)25(41,42)55(51,52)47-13-9-45(10-14-47)17(49)7-5-3-1-2-4-6-8-18(50)46-11-15-48(16-12-46)56(53,54)26(43,44)22(33,34)20(29,30)24(38,39)40/h1-16H2. The van der Waals surface area contributed by atoms with Gasteiger partial charge >= 0.3 is 46.6 Å². The predicted octanol–water partition coefficient (Wildman–Crippen LogP) is 5.91. The second kappa shape index (κ2) is 16.6. The third-order valence-electron chi connectivity index (χ3n) is 8.77. The van der Waals surface area contributed by atoms with E-state index in [0.717, 1.165) is 9.80 Å². The smallest absolute Gasteiger partial charge is 0.340 e. The molecule has 0 aromatic carbocycles. The number of carbonyl (C=O) groups excluding carboxylic acids is 2. The van der Waals surface area contributed by atoms with Gasteiger partial charge in [-0.25, -0.2) is 16.8 Å². The molecular formula is C26H32F18N4O6S2. The van der Waals surface area contributed by atoms with E-state index in [0.29, 0.717) is 25.7 Å². The molecule has 0 bridgehead atoms. The number of rotatable bonds is 17. The molecule has 2 heterocycles. The Hall–Kier alpha value is -2.50. The summed E-state index contributed by atoms with van der Waals surface area (Å²) in [5.74, 6) is -31.0. The van der Waals surface area contributed by atoms with Crippen molar-refractivity contribution in [1.82, 2.24) is 18.4 Å². The highest BCUT2D eigenvalue weighted by Gasteiger charge is 2.87.